The normalized spacial score (nSPS) is 10.5. The fourth-order valence-electron chi connectivity index (χ4n) is 2.89. The number of methoxy groups -OCH3 is 1. The summed E-state index contributed by atoms with van der Waals surface area (Å²) in [4.78, 5) is 24.9. The highest BCUT2D eigenvalue weighted by Crippen LogP contribution is 2.23. The first-order valence-electron chi connectivity index (χ1n) is 8.69. The van der Waals surface area contributed by atoms with Gasteiger partial charge in [-0.3, -0.25) is 9.59 Å². The maximum absolute atomic E-state index is 12.6. The van der Waals surface area contributed by atoms with Gasteiger partial charge in [-0.25, -0.2) is 0 Å². The van der Waals surface area contributed by atoms with E-state index in [4.69, 9.17) is 4.74 Å². The SMILES string of the molecule is COc1ccccc1NC(=O)c1ccc(=O)n(Cc2cc(C)ccc2C)c1. The fraction of sp³-hybridized carbons (Fsp3) is 0.182. The number of carbonyl (C=O) groups excluding carboxylic acids is 1. The predicted octanol–water partition coefficient (Wildman–Crippen LogP) is 3.77. The van der Waals surface area contributed by atoms with E-state index in [1.165, 1.54) is 12.1 Å². The summed E-state index contributed by atoms with van der Waals surface area (Å²) in [6.45, 7) is 4.45. The molecule has 2 aromatic carbocycles. The van der Waals surface area contributed by atoms with Crippen molar-refractivity contribution in [1.29, 1.82) is 0 Å². The fourth-order valence-corrected chi connectivity index (χ4v) is 2.89. The van der Waals surface area contributed by atoms with Crippen LogP contribution < -0.4 is 15.6 Å². The smallest absolute Gasteiger partial charge is 0.257 e. The number of hydrogen-bond acceptors (Lipinski definition) is 3. The van der Waals surface area contributed by atoms with Crippen LogP contribution in [0.15, 0.2) is 65.6 Å². The minimum absolute atomic E-state index is 0.148. The molecule has 0 atom stereocenters. The summed E-state index contributed by atoms with van der Waals surface area (Å²) >= 11 is 0. The monoisotopic (exact) mass is 362 g/mol. The maximum Gasteiger partial charge on any atom is 0.257 e. The lowest BCUT2D eigenvalue weighted by Gasteiger charge is -2.12. The van der Waals surface area contributed by atoms with Crippen molar-refractivity contribution in [3.8, 4) is 5.75 Å². The topological polar surface area (TPSA) is 60.3 Å². The van der Waals surface area contributed by atoms with Gasteiger partial charge in [-0.15, -0.1) is 0 Å². The third-order valence-corrected chi connectivity index (χ3v) is 4.45. The van der Waals surface area contributed by atoms with Crippen LogP contribution in [0.2, 0.25) is 0 Å². The summed E-state index contributed by atoms with van der Waals surface area (Å²) in [6, 6.07) is 16.3. The lowest BCUT2D eigenvalue weighted by atomic mass is 10.1. The highest BCUT2D eigenvalue weighted by atomic mass is 16.5. The van der Waals surface area contributed by atoms with E-state index < -0.39 is 0 Å². The molecule has 0 spiro atoms. The molecule has 0 unspecified atom stereocenters. The molecule has 0 saturated carbocycles. The molecular weight excluding hydrogens is 340 g/mol. The standard InChI is InChI=1S/C22H22N2O3/c1-15-8-9-16(2)18(12-15)14-24-13-17(10-11-21(24)25)22(26)23-19-6-4-5-7-20(19)27-3/h4-13H,14H2,1-3H3,(H,23,26). The number of carbonyl (C=O) groups is 1. The van der Waals surface area contributed by atoms with Crippen LogP contribution in [0.5, 0.6) is 5.75 Å². The van der Waals surface area contributed by atoms with Gasteiger partial charge in [0.05, 0.1) is 24.9 Å². The molecule has 1 heterocycles. The minimum atomic E-state index is -0.297. The average Bonchev–Trinajstić information content (AvgIpc) is 2.66. The highest BCUT2D eigenvalue weighted by molar-refractivity contribution is 6.04. The molecular formula is C22H22N2O3. The molecule has 138 valence electrons. The molecule has 27 heavy (non-hydrogen) atoms. The van der Waals surface area contributed by atoms with Gasteiger partial charge in [0.1, 0.15) is 5.75 Å². The Labute approximate surface area is 158 Å². The molecule has 0 radical (unpaired) electrons. The molecule has 0 bridgehead atoms. The zero-order valence-corrected chi connectivity index (χ0v) is 15.7. The van der Waals surface area contributed by atoms with Gasteiger partial charge in [0.15, 0.2) is 0 Å². The zero-order valence-electron chi connectivity index (χ0n) is 15.7. The Kier molecular flexibility index (Phi) is 5.41. The third kappa shape index (κ3) is 4.26. The molecule has 0 aliphatic heterocycles. The number of benzene rings is 2. The number of anilines is 1. The van der Waals surface area contributed by atoms with E-state index in [9.17, 15) is 9.59 Å². The van der Waals surface area contributed by atoms with Crippen molar-refractivity contribution in [2.75, 3.05) is 12.4 Å². The molecule has 1 N–H and O–H groups in total. The van der Waals surface area contributed by atoms with Gasteiger partial charge in [-0.05, 0) is 43.2 Å². The van der Waals surface area contributed by atoms with E-state index in [-0.39, 0.29) is 11.5 Å². The van der Waals surface area contributed by atoms with Gasteiger partial charge in [-0.2, -0.15) is 0 Å². The van der Waals surface area contributed by atoms with Crippen LogP contribution in [0, 0.1) is 13.8 Å². The Hall–Kier alpha value is -3.34. The number of rotatable bonds is 5. The van der Waals surface area contributed by atoms with Crippen LogP contribution in [-0.2, 0) is 6.54 Å². The second-order valence-corrected chi connectivity index (χ2v) is 6.47. The van der Waals surface area contributed by atoms with Crippen molar-refractivity contribution in [3.63, 3.8) is 0 Å². The minimum Gasteiger partial charge on any atom is -0.495 e. The Morgan fingerprint density at radius 1 is 1.07 bits per heavy atom. The maximum atomic E-state index is 12.6. The summed E-state index contributed by atoms with van der Waals surface area (Å²) in [5.41, 5.74) is 4.14. The third-order valence-electron chi connectivity index (χ3n) is 4.45. The molecule has 5 heteroatoms. The molecule has 1 amide bonds. The Balaban J connectivity index is 1.87. The first-order valence-corrected chi connectivity index (χ1v) is 8.69. The van der Waals surface area contributed by atoms with E-state index in [0.717, 1.165) is 16.7 Å². The number of hydrogen-bond donors (Lipinski definition) is 1. The van der Waals surface area contributed by atoms with Crippen molar-refractivity contribution in [3.05, 3.63) is 93.4 Å². The molecule has 0 fully saturated rings. The van der Waals surface area contributed by atoms with Gasteiger partial charge in [-0.1, -0.05) is 35.9 Å². The van der Waals surface area contributed by atoms with Crippen molar-refractivity contribution in [2.45, 2.75) is 20.4 Å². The van der Waals surface area contributed by atoms with Crippen LogP contribution in [0.25, 0.3) is 0 Å². The lowest BCUT2D eigenvalue weighted by molar-refractivity contribution is 0.102. The van der Waals surface area contributed by atoms with E-state index in [0.29, 0.717) is 23.5 Å². The summed E-state index contributed by atoms with van der Waals surface area (Å²) in [5.74, 6) is 0.281. The zero-order chi connectivity index (χ0) is 19.4. The van der Waals surface area contributed by atoms with Crippen molar-refractivity contribution >= 4 is 11.6 Å². The summed E-state index contributed by atoms with van der Waals surface area (Å²) in [7, 11) is 1.55. The van der Waals surface area contributed by atoms with Crippen LogP contribution in [-0.4, -0.2) is 17.6 Å². The van der Waals surface area contributed by atoms with E-state index in [1.807, 2.05) is 38.1 Å². The summed E-state index contributed by atoms with van der Waals surface area (Å²) in [5, 5.41) is 2.83. The molecule has 3 aromatic rings. The van der Waals surface area contributed by atoms with Crippen LogP contribution in [0.3, 0.4) is 0 Å². The number of ether oxygens (including phenoxy) is 1. The molecule has 1 aromatic heterocycles. The van der Waals surface area contributed by atoms with E-state index >= 15 is 0 Å². The molecule has 0 aliphatic carbocycles. The number of aryl methyl sites for hydroxylation is 2. The largest absolute Gasteiger partial charge is 0.495 e. The molecule has 0 aliphatic rings. The Morgan fingerprint density at radius 2 is 1.85 bits per heavy atom. The second kappa shape index (κ2) is 7.91. The van der Waals surface area contributed by atoms with Gasteiger partial charge in [0.2, 0.25) is 0 Å². The van der Waals surface area contributed by atoms with Crippen LogP contribution in [0.1, 0.15) is 27.0 Å². The van der Waals surface area contributed by atoms with Crippen molar-refractivity contribution < 1.29 is 9.53 Å². The van der Waals surface area contributed by atoms with Crippen molar-refractivity contribution in [1.82, 2.24) is 4.57 Å². The number of pyridine rings is 1. The second-order valence-electron chi connectivity index (χ2n) is 6.47. The van der Waals surface area contributed by atoms with E-state index in [1.54, 1.807) is 30.0 Å². The Morgan fingerprint density at radius 3 is 2.63 bits per heavy atom. The number of aromatic nitrogens is 1. The number of para-hydroxylation sites is 2. The average molecular weight is 362 g/mol. The van der Waals surface area contributed by atoms with E-state index in [2.05, 4.69) is 11.4 Å². The number of nitrogens with zero attached hydrogens (tertiary/aromatic N) is 1. The highest BCUT2D eigenvalue weighted by Gasteiger charge is 2.11. The molecule has 3 rings (SSSR count). The van der Waals surface area contributed by atoms with Crippen LogP contribution >= 0.6 is 0 Å². The van der Waals surface area contributed by atoms with Crippen molar-refractivity contribution in [2.24, 2.45) is 0 Å². The molecule has 5 nitrogen and oxygen atoms in total. The first-order chi connectivity index (χ1) is 13.0. The van der Waals surface area contributed by atoms with Crippen LogP contribution in [0.4, 0.5) is 5.69 Å². The molecule has 0 saturated heterocycles. The lowest BCUT2D eigenvalue weighted by Crippen LogP contribution is -2.23. The number of nitrogens with one attached hydrogen (secondary N) is 1. The Bertz CT molecular complexity index is 1040. The van der Waals surface area contributed by atoms with Gasteiger partial charge in [0, 0.05) is 12.3 Å². The first kappa shape index (κ1) is 18.5. The van der Waals surface area contributed by atoms with Gasteiger partial charge < -0.3 is 14.6 Å². The number of amides is 1. The van der Waals surface area contributed by atoms with Gasteiger partial charge >= 0.3 is 0 Å². The summed E-state index contributed by atoms with van der Waals surface area (Å²) < 4.78 is 6.81. The van der Waals surface area contributed by atoms with Gasteiger partial charge in [0.25, 0.3) is 11.5 Å². The quantitative estimate of drug-likeness (QED) is 0.751. The summed E-state index contributed by atoms with van der Waals surface area (Å²) in [6.07, 6.45) is 1.59. The predicted molar refractivity (Wildman–Crippen MR) is 107 cm³/mol.